The number of aliphatic imine (C=N–C) groups is 2. The van der Waals surface area contributed by atoms with Crippen LogP contribution in [0.2, 0.25) is 0 Å². The summed E-state index contributed by atoms with van der Waals surface area (Å²) in [5, 5.41) is 0. The number of likely N-dealkylation sites (N-methyl/N-ethyl adjacent to an activating group) is 1. The van der Waals surface area contributed by atoms with Gasteiger partial charge in [-0.3, -0.25) is 14.5 Å². The molecule has 0 radical (unpaired) electrons. The third kappa shape index (κ3) is 5.03. The number of hydrogen-bond acceptors (Lipinski definition) is 5. The van der Waals surface area contributed by atoms with Gasteiger partial charge >= 0.3 is 0 Å². The van der Waals surface area contributed by atoms with Crippen LogP contribution in [0.4, 0.5) is 0 Å². The van der Waals surface area contributed by atoms with Gasteiger partial charge in [0.15, 0.2) is 5.82 Å². The lowest BCUT2D eigenvalue weighted by Crippen LogP contribution is -2.50. The van der Waals surface area contributed by atoms with Crippen LogP contribution in [0.1, 0.15) is 66.7 Å². The number of rotatable bonds is 6. The molecule has 0 aromatic heterocycles. The molecule has 0 N–H and O–H groups in total. The minimum atomic E-state index is -0.422. The van der Waals surface area contributed by atoms with Crippen LogP contribution in [0.3, 0.4) is 0 Å². The van der Waals surface area contributed by atoms with E-state index in [0.29, 0.717) is 23.8 Å². The third-order valence-electron chi connectivity index (χ3n) is 7.12. The van der Waals surface area contributed by atoms with Gasteiger partial charge in [0, 0.05) is 12.6 Å². The van der Waals surface area contributed by atoms with E-state index in [2.05, 4.69) is 63.3 Å². The zero-order valence-electron chi connectivity index (χ0n) is 21.9. The van der Waals surface area contributed by atoms with E-state index in [1.54, 1.807) is 16.8 Å². The first kappa shape index (κ1) is 27.0. The van der Waals surface area contributed by atoms with Crippen molar-refractivity contribution in [2.24, 2.45) is 15.9 Å². The van der Waals surface area contributed by atoms with Crippen molar-refractivity contribution in [3.05, 3.63) is 46.5 Å². The van der Waals surface area contributed by atoms with E-state index in [-0.39, 0.29) is 29.7 Å². The molecule has 3 aliphatic rings. The Balaban J connectivity index is 2.15. The lowest BCUT2D eigenvalue weighted by molar-refractivity contribution is -0.134. The first-order valence-electron chi connectivity index (χ1n) is 12.5. The van der Waals surface area contributed by atoms with Gasteiger partial charge in [-0.05, 0) is 69.7 Å². The second-order valence-corrected chi connectivity index (χ2v) is 9.86. The zero-order chi connectivity index (χ0) is 25.9. The van der Waals surface area contributed by atoms with E-state index in [0.717, 1.165) is 36.8 Å². The van der Waals surface area contributed by atoms with Gasteiger partial charge in [0.1, 0.15) is 6.04 Å². The summed E-state index contributed by atoms with van der Waals surface area (Å²) >= 11 is 4.46. The Morgan fingerprint density at radius 3 is 2.63 bits per heavy atom. The van der Waals surface area contributed by atoms with Crippen molar-refractivity contribution in [3.63, 3.8) is 0 Å². The molecule has 2 atom stereocenters. The summed E-state index contributed by atoms with van der Waals surface area (Å²) in [6.07, 6.45) is 11.0. The molecule has 2 aliphatic heterocycles. The van der Waals surface area contributed by atoms with Gasteiger partial charge in [-0.15, -0.1) is 0 Å². The third-order valence-corrected chi connectivity index (χ3v) is 7.43. The van der Waals surface area contributed by atoms with Gasteiger partial charge in [0.2, 0.25) is 11.9 Å². The van der Waals surface area contributed by atoms with E-state index in [9.17, 15) is 9.59 Å². The summed E-state index contributed by atoms with van der Waals surface area (Å²) in [5.74, 6) is 1.31. The molecule has 3 rings (SSSR count). The standard InChI is InChI=1S/C27H39N5O2S/c1-8-9-10-15-22-21-14-12-11-13-20(17(2)3)23(21)26(34)32(22)27(28-6)29-24-18(4)30(7)25(33)19(5)31(24)16-35/h9-10,13,17,19,22,35H,6,8,11-12,14-16H2,1-5,7H3/b10-9+,29-27?. The fourth-order valence-corrected chi connectivity index (χ4v) is 5.46. The Kier molecular flexibility index (Phi) is 8.80. The van der Waals surface area contributed by atoms with Crippen LogP contribution in [0.5, 0.6) is 0 Å². The van der Waals surface area contributed by atoms with Crippen molar-refractivity contribution in [3.8, 4) is 0 Å². The molecule has 0 aromatic carbocycles. The molecule has 0 bridgehead atoms. The first-order valence-corrected chi connectivity index (χ1v) is 13.2. The number of nitrogens with zero attached hydrogens (tertiary/aromatic N) is 5. The molecule has 0 spiro atoms. The maximum absolute atomic E-state index is 14.0. The quantitative estimate of drug-likeness (QED) is 0.245. The number of allylic oxidation sites excluding steroid dienone is 3. The van der Waals surface area contributed by atoms with Gasteiger partial charge in [0.05, 0.1) is 17.6 Å². The SMILES string of the molecule is C=NC(=NC1=C(C)N(C)C(=O)C(C)N1CS)N1C(=O)C2=C(CCCC=C2C(C)C)C1C/C=C/CC. The van der Waals surface area contributed by atoms with E-state index < -0.39 is 6.04 Å². The summed E-state index contributed by atoms with van der Waals surface area (Å²) in [6, 6.07) is -0.579. The monoisotopic (exact) mass is 497 g/mol. The van der Waals surface area contributed by atoms with Crippen molar-refractivity contribution >= 4 is 37.1 Å². The van der Waals surface area contributed by atoms with Crippen molar-refractivity contribution in [2.75, 3.05) is 12.9 Å². The Bertz CT molecular complexity index is 1040. The topological polar surface area (TPSA) is 68.6 Å². The number of carbonyl (C=O) groups is 2. The number of thiol groups is 1. The molecule has 190 valence electrons. The maximum atomic E-state index is 14.0. The average Bonchev–Trinajstić information content (AvgIpc) is 2.98. The Labute approximate surface area is 215 Å². The number of guanidine groups is 1. The lowest BCUT2D eigenvalue weighted by atomic mass is 9.90. The lowest BCUT2D eigenvalue weighted by Gasteiger charge is -2.39. The average molecular weight is 498 g/mol. The molecule has 2 amide bonds. The summed E-state index contributed by atoms with van der Waals surface area (Å²) < 4.78 is 0. The van der Waals surface area contributed by atoms with Crippen molar-refractivity contribution < 1.29 is 9.59 Å². The van der Waals surface area contributed by atoms with E-state index >= 15 is 0 Å². The van der Waals surface area contributed by atoms with Crippen molar-refractivity contribution in [1.82, 2.24) is 14.7 Å². The normalized spacial score (nSPS) is 24.2. The fraction of sp³-hybridized carbons (Fsp3) is 0.556. The molecule has 8 heteroatoms. The van der Waals surface area contributed by atoms with Gasteiger partial charge in [0.25, 0.3) is 5.91 Å². The summed E-state index contributed by atoms with van der Waals surface area (Å²) in [5.41, 5.74) is 3.80. The number of amides is 2. The molecule has 35 heavy (non-hydrogen) atoms. The largest absolute Gasteiger partial charge is 0.334 e. The minimum Gasteiger partial charge on any atom is -0.334 e. The number of carbonyl (C=O) groups excluding carboxylic acids is 2. The summed E-state index contributed by atoms with van der Waals surface area (Å²) in [6.45, 7) is 13.8. The minimum absolute atomic E-state index is 0.0245. The maximum Gasteiger partial charge on any atom is 0.261 e. The highest BCUT2D eigenvalue weighted by molar-refractivity contribution is 7.80. The summed E-state index contributed by atoms with van der Waals surface area (Å²) in [4.78, 5) is 41.0. The van der Waals surface area contributed by atoms with Crippen LogP contribution in [0.25, 0.3) is 0 Å². The van der Waals surface area contributed by atoms with Crippen LogP contribution in [0.15, 0.2) is 56.5 Å². The zero-order valence-corrected chi connectivity index (χ0v) is 22.8. The molecule has 2 unspecified atom stereocenters. The van der Waals surface area contributed by atoms with Crippen LogP contribution in [0, 0.1) is 5.92 Å². The molecule has 0 fully saturated rings. The van der Waals surface area contributed by atoms with Crippen molar-refractivity contribution in [1.29, 1.82) is 0 Å². The Hall–Kier alpha value is -2.61. The molecule has 2 heterocycles. The van der Waals surface area contributed by atoms with Crippen LogP contribution in [-0.2, 0) is 9.59 Å². The fourth-order valence-electron chi connectivity index (χ4n) is 5.08. The van der Waals surface area contributed by atoms with Gasteiger partial charge in [-0.1, -0.05) is 39.0 Å². The highest BCUT2D eigenvalue weighted by Gasteiger charge is 2.43. The van der Waals surface area contributed by atoms with Gasteiger partial charge < -0.3 is 9.80 Å². The predicted molar refractivity (Wildman–Crippen MR) is 146 cm³/mol. The predicted octanol–water partition coefficient (Wildman–Crippen LogP) is 4.91. The second kappa shape index (κ2) is 11.4. The summed E-state index contributed by atoms with van der Waals surface area (Å²) in [7, 11) is 1.74. The van der Waals surface area contributed by atoms with E-state index in [4.69, 9.17) is 4.99 Å². The van der Waals surface area contributed by atoms with E-state index in [1.165, 1.54) is 5.57 Å². The van der Waals surface area contributed by atoms with Gasteiger partial charge in [-0.2, -0.15) is 17.6 Å². The van der Waals surface area contributed by atoms with Crippen LogP contribution < -0.4 is 0 Å². The molecular weight excluding hydrogens is 458 g/mol. The number of hydrogen-bond donors (Lipinski definition) is 1. The molecule has 0 aromatic rings. The van der Waals surface area contributed by atoms with E-state index in [1.807, 2.05) is 18.7 Å². The van der Waals surface area contributed by atoms with Crippen molar-refractivity contribution in [2.45, 2.75) is 78.8 Å². The molecule has 0 saturated carbocycles. The molecular formula is C27H39N5O2S. The second-order valence-electron chi connectivity index (χ2n) is 9.58. The molecule has 0 saturated heterocycles. The molecule has 7 nitrogen and oxygen atoms in total. The molecule has 1 aliphatic carbocycles. The smallest absolute Gasteiger partial charge is 0.261 e. The first-order chi connectivity index (χ1) is 16.7. The van der Waals surface area contributed by atoms with Gasteiger partial charge in [-0.25, -0.2) is 4.99 Å². The highest BCUT2D eigenvalue weighted by atomic mass is 32.1. The highest BCUT2D eigenvalue weighted by Crippen LogP contribution is 2.41. The Morgan fingerprint density at radius 1 is 1.31 bits per heavy atom. The van der Waals surface area contributed by atoms with Crippen LogP contribution >= 0.6 is 12.6 Å². The Morgan fingerprint density at radius 2 is 2.03 bits per heavy atom. The van der Waals surface area contributed by atoms with Crippen LogP contribution in [-0.4, -0.2) is 64.2 Å².